The van der Waals surface area contributed by atoms with Crippen LogP contribution in [0.5, 0.6) is 0 Å². The fourth-order valence-electron chi connectivity index (χ4n) is 2.86. The molecule has 3 nitrogen and oxygen atoms in total. The molecule has 0 aromatic heterocycles. The minimum absolute atomic E-state index is 0.142. The van der Waals surface area contributed by atoms with E-state index < -0.39 is 0 Å². The van der Waals surface area contributed by atoms with Crippen molar-refractivity contribution in [1.82, 2.24) is 4.90 Å². The van der Waals surface area contributed by atoms with Crippen molar-refractivity contribution in [3.63, 3.8) is 0 Å². The number of hydrogen-bond donors (Lipinski definition) is 1. The predicted octanol–water partition coefficient (Wildman–Crippen LogP) is 2.65. The van der Waals surface area contributed by atoms with Gasteiger partial charge in [0.15, 0.2) is 0 Å². The normalized spacial score (nSPS) is 15.4. The number of hydrogen-bond acceptors (Lipinski definition) is 2. The number of likely N-dealkylation sites (tertiary alicyclic amines) is 1. The fourth-order valence-corrected chi connectivity index (χ4v) is 2.86. The number of carbonyl (C=O) groups excluding carboxylic acids is 1. The van der Waals surface area contributed by atoms with Crippen LogP contribution in [0, 0.1) is 17.8 Å². The van der Waals surface area contributed by atoms with Gasteiger partial charge in [-0.25, -0.2) is 0 Å². The maximum atomic E-state index is 12.5. The first-order chi connectivity index (χ1) is 10.2. The summed E-state index contributed by atoms with van der Waals surface area (Å²) in [6.07, 6.45) is 4.81. The summed E-state index contributed by atoms with van der Waals surface area (Å²) in [5.74, 6) is 6.73. The number of piperidine rings is 1. The van der Waals surface area contributed by atoms with Crippen LogP contribution in [-0.4, -0.2) is 30.4 Å². The summed E-state index contributed by atoms with van der Waals surface area (Å²) < 4.78 is 0. The first-order valence-electron chi connectivity index (χ1n) is 7.83. The minimum atomic E-state index is 0.142. The maximum Gasteiger partial charge on any atom is 0.253 e. The Balaban J connectivity index is 1.94. The SMILES string of the molecule is CCCC1CCN(C(=O)c2ccc(C#CCN)cc2)CC1. The monoisotopic (exact) mass is 284 g/mol. The molecule has 0 atom stereocenters. The summed E-state index contributed by atoms with van der Waals surface area (Å²) >= 11 is 0. The Hall–Kier alpha value is -1.79. The molecule has 3 heteroatoms. The molecule has 2 rings (SSSR count). The predicted molar refractivity (Wildman–Crippen MR) is 85.9 cm³/mol. The number of benzene rings is 1. The fraction of sp³-hybridized carbons (Fsp3) is 0.500. The molecular formula is C18H24N2O. The molecule has 1 fully saturated rings. The lowest BCUT2D eigenvalue weighted by Gasteiger charge is -2.32. The molecule has 2 N–H and O–H groups in total. The van der Waals surface area contributed by atoms with Crippen LogP contribution in [-0.2, 0) is 0 Å². The van der Waals surface area contributed by atoms with E-state index in [2.05, 4.69) is 18.8 Å². The van der Waals surface area contributed by atoms with Gasteiger partial charge < -0.3 is 10.6 Å². The smallest absolute Gasteiger partial charge is 0.253 e. The molecular weight excluding hydrogens is 260 g/mol. The van der Waals surface area contributed by atoms with Crippen molar-refractivity contribution in [2.45, 2.75) is 32.6 Å². The molecule has 1 aromatic carbocycles. The zero-order valence-electron chi connectivity index (χ0n) is 12.8. The van der Waals surface area contributed by atoms with Crippen molar-refractivity contribution in [2.24, 2.45) is 11.7 Å². The Labute approximate surface area is 127 Å². The number of carbonyl (C=O) groups is 1. The summed E-state index contributed by atoms with van der Waals surface area (Å²) in [6.45, 7) is 4.36. The largest absolute Gasteiger partial charge is 0.339 e. The van der Waals surface area contributed by atoms with E-state index in [4.69, 9.17) is 5.73 Å². The van der Waals surface area contributed by atoms with Crippen molar-refractivity contribution >= 4 is 5.91 Å². The Morgan fingerprint density at radius 1 is 1.29 bits per heavy atom. The average molecular weight is 284 g/mol. The second kappa shape index (κ2) is 7.85. The van der Waals surface area contributed by atoms with Crippen molar-refractivity contribution in [1.29, 1.82) is 0 Å². The van der Waals surface area contributed by atoms with Gasteiger partial charge in [-0.05, 0) is 43.0 Å². The Kier molecular flexibility index (Phi) is 5.83. The highest BCUT2D eigenvalue weighted by atomic mass is 16.2. The first kappa shape index (κ1) is 15.6. The summed E-state index contributed by atoms with van der Waals surface area (Å²) in [5.41, 5.74) is 7.00. The number of rotatable bonds is 3. The van der Waals surface area contributed by atoms with Gasteiger partial charge in [-0.3, -0.25) is 4.79 Å². The van der Waals surface area contributed by atoms with Gasteiger partial charge in [-0.1, -0.05) is 31.6 Å². The van der Waals surface area contributed by atoms with Gasteiger partial charge in [0.25, 0.3) is 5.91 Å². The zero-order chi connectivity index (χ0) is 15.1. The second-order valence-corrected chi connectivity index (χ2v) is 5.61. The van der Waals surface area contributed by atoms with Gasteiger partial charge in [0, 0.05) is 24.2 Å². The zero-order valence-corrected chi connectivity index (χ0v) is 12.8. The molecule has 21 heavy (non-hydrogen) atoms. The van der Waals surface area contributed by atoms with Gasteiger partial charge in [0.2, 0.25) is 0 Å². The van der Waals surface area contributed by atoms with Crippen molar-refractivity contribution in [3.05, 3.63) is 35.4 Å². The van der Waals surface area contributed by atoms with Crippen LogP contribution >= 0.6 is 0 Å². The Morgan fingerprint density at radius 3 is 2.52 bits per heavy atom. The van der Waals surface area contributed by atoms with Crippen molar-refractivity contribution < 1.29 is 4.79 Å². The molecule has 1 aromatic rings. The van der Waals surface area contributed by atoms with Crippen LogP contribution in [0.15, 0.2) is 24.3 Å². The maximum absolute atomic E-state index is 12.5. The quantitative estimate of drug-likeness (QED) is 0.867. The lowest BCUT2D eigenvalue weighted by molar-refractivity contribution is 0.0686. The first-order valence-corrected chi connectivity index (χ1v) is 7.83. The van der Waals surface area contributed by atoms with Crippen LogP contribution in [0.1, 0.15) is 48.5 Å². The van der Waals surface area contributed by atoms with E-state index in [0.29, 0.717) is 6.54 Å². The molecule has 1 heterocycles. The van der Waals surface area contributed by atoms with Crippen LogP contribution < -0.4 is 5.73 Å². The van der Waals surface area contributed by atoms with E-state index in [1.54, 1.807) is 0 Å². The molecule has 0 spiro atoms. The van der Waals surface area contributed by atoms with Crippen molar-refractivity contribution in [3.8, 4) is 11.8 Å². The highest BCUT2D eigenvalue weighted by Gasteiger charge is 2.22. The standard InChI is InChI=1S/C18H24N2O/c1-2-4-15-10-13-20(14-11-15)18(21)17-8-6-16(7-9-17)5-3-12-19/h6-9,15H,2,4,10-14,19H2,1H3. The molecule has 112 valence electrons. The van der Waals surface area contributed by atoms with Gasteiger partial charge in [0.1, 0.15) is 0 Å². The molecule has 0 bridgehead atoms. The second-order valence-electron chi connectivity index (χ2n) is 5.61. The van der Waals surface area contributed by atoms with Crippen LogP contribution in [0.3, 0.4) is 0 Å². The number of nitrogens with zero attached hydrogens (tertiary/aromatic N) is 1. The topological polar surface area (TPSA) is 46.3 Å². The molecule has 0 unspecified atom stereocenters. The average Bonchev–Trinajstić information content (AvgIpc) is 2.54. The molecule has 0 aliphatic carbocycles. The third kappa shape index (κ3) is 4.34. The third-order valence-electron chi connectivity index (χ3n) is 4.07. The van der Waals surface area contributed by atoms with Crippen LogP contribution in [0.2, 0.25) is 0 Å². The third-order valence-corrected chi connectivity index (χ3v) is 4.07. The van der Waals surface area contributed by atoms with Crippen LogP contribution in [0.4, 0.5) is 0 Å². The number of nitrogens with two attached hydrogens (primary N) is 1. The summed E-state index contributed by atoms with van der Waals surface area (Å²) in [4.78, 5) is 14.4. The Morgan fingerprint density at radius 2 is 1.95 bits per heavy atom. The van der Waals surface area contributed by atoms with E-state index >= 15 is 0 Å². The van der Waals surface area contributed by atoms with E-state index in [1.807, 2.05) is 29.2 Å². The van der Waals surface area contributed by atoms with Crippen LogP contribution in [0.25, 0.3) is 0 Å². The van der Waals surface area contributed by atoms with Gasteiger partial charge >= 0.3 is 0 Å². The Bertz CT molecular complexity index is 516. The minimum Gasteiger partial charge on any atom is -0.339 e. The van der Waals surface area contributed by atoms with Gasteiger partial charge in [-0.15, -0.1) is 0 Å². The summed E-state index contributed by atoms with van der Waals surface area (Å²) in [6, 6.07) is 7.50. The highest BCUT2D eigenvalue weighted by Crippen LogP contribution is 2.22. The van der Waals surface area contributed by atoms with Gasteiger partial charge in [0.05, 0.1) is 6.54 Å². The molecule has 0 saturated carbocycles. The molecule has 0 radical (unpaired) electrons. The summed E-state index contributed by atoms with van der Waals surface area (Å²) in [5, 5.41) is 0. The highest BCUT2D eigenvalue weighted by molar-refractivity contribution is 5.94. The van der Waals surface area contributed by atoms with E-state index in [9.17, 15) is 4.79 Å². The lowest BCUT2D eigenvalue weighted by atomic mass is 9.92. The van der Waals surface area contributed by atoms with E-state index in [0.717, 1.165) is 43.0 Å². The van der Waals surface area contributed by atoms with E-state index in [1.165, 1.54) is 12.8 Å². The number of amides is 1. The molecule has 1 saturated heterocycles. The van der Waals surface area contributed by atoms with Gasteiger partial charge in [-0.2, -0.15) is 0 Å². The van der Waals surface area contributed by atoms with Crippen molar-refractivity contribution in [2.75, 3.05) is 19.6 Å². The lowest BCUT2D eigenvalue weighted by Crippen LogP contribution is -2.38. The molecule has 1 amide bonds. The van der Waals surface area contributed by atoms with E-state index in [-0.39, 0.29) is 5.91 Å². The molecule has 1 aliphatic heterocycles. The molecule has 1 aliphatic rings. The summed E-state index contributed by atoms with van der Waals surface area (Å²) in [7, 11) is 0.